The largest absolute Gasteiger partial charge is 0.512 e. The monoisotopic (exact) mass is 851 g/mol. The number of rotatable bonds is 9. The third-order valence-corrected chi connectivity index (χ3v) is 12.5. The zero-order valence-electron chi connectivity index (χ0n) is 30.9. The number of pyridine rings is 1. The second-order valence-corrected chi connectivity index (χ2v) is 15.8. The van der Waals surface area contributed by atoms with Crippen molar-refractivity contribution in [2.75, 3.05) is 0 Å². The van der Waals surface area contributed by atoms with Gasteiger partial charge in [0.15, 0.2) is 5.78 Å². The molecule has 3 aromatic carbocycles. The summed E-state index contributed by atoms with van der Waals surface area (Å²) in [5.41, 5.74) is 8.05. The summed E-state index contributed by atoms with van der Waals surface area (Å²) in [6.45, 7) is 21.3. The molecule has 2 aromatic heterocycles. The van der Waals surface area contributed by atoms with E-state index in [0.717, 1.165) is 42.5 Å². The van der Waals surface area contributed by atoms with Crippen LogP contribution in [0.4, 0.5) is 0 Å². The molecule has 0 aliphatic heterocycles. The summed E-state index contributed by atoms with van der Waals surface area (Å²) >= 11 is 1.91. The maximum absolute atomic E-state index is 12.2. The molecule has 0 bridgehead atoms. The van der Waals surface area contributed by atoms with Crippen LogP contribution in [0.2, 0.25) is 0 Å². The van der Waals surface area contributed by atoms with E-state index in [1.807, 2.05) is 52.9 Å². The van der Waals surface area contributed by atoms with Gasteiger partial charge in [-0.25, -0.2) is 0 Å². The second kappa shape index (κ2) is 15.0. The molecule has 49 heavy (non-hydrogen) atoms. The average molecular weight is 851 g/mol. The van der Waals surface area contributed by atoms with E-state index in [0.29, 0.717) is 5.92 Å². The van der Waals surface area contributed by atoms with Gasteiger partial charge in [-0.2, -0.15) is 0 Å². The topological polar surface area (TPSA) is 50.2 Å². The summed E-state index contributed by atoms with van der Waals surface area (Å²) in [5, 5.41) is 12.8. The summed E-state index contributed by atoms with van der Waals surface area (Å²) in [6.07, 6.45) is 4.75. The van der Waals surface area contributed by atoms with Crippen molar-refractivity contribution in [1.29, 1.82) is 0 Å². The van der Waals surface area contributed by atoms with Gasteiger partial charge in [-0.1, -0.05) is 117 Å². The first kappa shape index (κ1) is 38.7. The molecular weight excluding hydrogens is 799 g/mol. The Balaban J connectivity index is 0.000000260. The van der Waals surface area contributed by atoms with Gasteiger partial charge < -0.3 is 5.11 Å². The number of nitrogens with zero attached hydrogens (tertiary/aromatic N) is 1. The van der Waals surface area contributed by atoms with E-state index >= 15 is 0 Å². The Kier molecular flexibility index (Phi) is 11.9. The number of benzene rings is 3. The minimum Gasteiger partial charge on any atom is -0.512 e. The number of para-hydroxylation sites is 1. The van der Waals surface area contributed by atoms with E-state index in [4.69, 9.17) is 4.98 Å². The fourth-order valence-corrected chi connectivity index (χ4v) is 8.40. The van der Waals surface area contributed by atoms with Crippen LogP contribution >= 0.6 is 11.3 Å². The molecule has 6 rings (SSSR count). The number of aromatic nitrogens is 1. The van der Waals surface area contributed by atoms with Crippen LogP contribution in [0.1, 0.15) is 118 Å². The molecule has 1 aliphatic carbocycles. The normalized spacial score (nSPS) is 13.9. The number of hydrogen-bond donors (Lipinski definition) is 1. The zero-order chi connectivity index (χ0) is 35.0. The molecule has 3 nitrogen and oxygen atoms in total. The Morgan fingerprint density at radius 3 is 2.10 bits per heavy atom. The zero-order valence-corrected chi connectivity index (χ0v) is 34.1. The molecule has 2 heterocycles. The van der Waals surface area contributed by atoms with Gasteiger partial charge in [-0.3, -0.25) is 9.78 Å². The van der Waals surface area contributed by atoms with E-state index in [9.17, 15) is 9.90 Å². The molecule has 0 amide bonds. The van der Waals surface area contributed by atoms with Crippen molar-refractivity contribution in [3.05, 3.63) is 101 Å². The van der Waals surface area contributed by atoms with Crippen molar-refractivity contribution in [2.24, 2.45) is 10.8 Å². The fourth-order valence-electron chi connectivity index (χ4n) is 7.01. The fraction of sp³-hybridized carbons (Fsp3) is 0.409. The Bertz CT molecular complexity index is 1990. The van der Waals surface area contributed by atoms with E-state index in [1.165, 1.54) is 48.7 Å². The molecule has 261 valence electrons. The first-order chi connectivity index (χ1) is 22.8. The number of allylic oxidation sites excluding steroid dienone is 2. The molecule has 1 aliphatic rings. The average Bonchev–Trinajstić information content (AvgIpc) is 3.60. The van der Waals surface area contributed by atoms with E-state index in [-0.39, 0.29) is 47.9 Å². The van der Waals surface area contributed by atoms with Gasteiger partial charge in [0.1, 0.15) is 5.76 Å². The van der Waals surface area contributed by atoms with Crippen LogP contribution in [-0.2, 0) is 30.3 Å². The molecule has 0 atom stereocenters. The molecule has 5 aromatic rings. The van der Waals surface area contributed by atoms with Gasteiger partial charge in [0, 0.05) is 52.0 Å². The molecule has 0 spiro atoms. The maximum Gasteiger partial charge on any atom is 0.164 e. The van der Waals surface area contributed by atoms with Gasteiger partial charge in [0.25, 0.3) is 0 Å². The van der Waals surface area contributed by atoms with Crippen LogP contribution in [0.15, 0.2) is 78.6 Å². The predicted molar refractivity (Wildman–Crippen MR) is 206 cm³/mol. The standard InChI is InChI=1S/C29H24NS.C15H28O2.Ir/c1-17(2)22-16-24(30-23-14-7-5-10-18(22)23)19-12-9-13-21-26(19)29(3,4)27-20-11-6-8-15-25(20)31-28(21)27;1-7-14(5,8-2)12(16)11-13(17)15(6,9-3)10-4;/h5-11,13-17H,1-4H3;11,16H,7-10H2,1-6H3;/q-1;;/b;12-11-;. The van der Waals surface area contributed by atoms with Gasteiger partial charge in [0.2, 0.25) is 0 Å². The number of ketones is 1. The third kappa shape index (κ3) is 6.96. The van der Waals surface area contributed by atoms with Crippen LogP contribution in [-0.4, -0.2) is 15.9 Å². The van der Waals surface area contributed by atoms with Crippen LogP contribution in [0.5, 0.6) is 0 Å². The van der Waals surface area contributed by atoms with Crippen molar-refractivity contribution >= 4 is 38.1 Å². The number of aliphatic hydroxyl groups excluding tert-OH is 1. The van der Waals surface area contributed by atoms with E-state index < -0.39 is 0 Å². The Morgan fingerprint density at radius 1 is 0.898 bits per heavy atom. The van der Waals surface area contributed by atoms with Crippen LogP contribution in [0, 0.1) is 16.9 Å². The van der Waals surface area contributed by atoms with E-state index in [1.54, 1.807) is 0 Å². The molecule has 0 fully saturated rings. The smallest absolute Gasteiger partial charge is 0.164 e. The Labute approximate surface area is 311 Å². The number of aliphatic hydroxyl groups is 1. The van der Waals surface area contributed by atoms with Crippen molar-refractivity contribution in [3.8, 4) is 21.7 Å². The first-order valence-corrected chi connectivity index (χ1v) is 18.5. The molecule has 0 saturated carbocycles. The minimum absolute atomic E-state index is 0. The van der Waals surface area contributed by atoms with Crippen molar-refractivity contribution in [1.82, 2.24) is 4.98 Å². The van der Waals surface area contributed by atoms with Crippen LogP contribution < -0.4 is 0 Å². The number of carbonyl (C=O) groups excluding carboxylic acids is 1. The minimum atomic E-state index is -0.337. The molecule has 0 unspecified atom stereocenters. The number of hydrogen-bond acceptors (Lipinski definition) is 4. The van der Waals surface area contributed by atoms with Gasteiger partial charge >= 0.3 is 0 Å². The Hall–Kier alpha value is -3.11. The number of fused-ring (bicyclic) bond motifs is 6. The summed E-state index contributed by atoms with van der Waals surface area (Å²) in [5.74, 6) is 0.718. The van der Waals surface area contributed by atoms with Crippen LogP contribution in [0.3, 0.4) is 0 Å². The van der Waals surface area contributed by atoms with Crippen molar-refractivity contribution < 1.29 is 30.0 Å². The number of thiophene rings is 1. The maximum atomic E-state index is 12.2. The van der Waals surface area contributed by atoms with Crippen LogP contribution in [0.25, 0.3) is 42.7 Å². The van der Waals surface area contributed by atoms with Gasteiger partial charge in [-0.15, -0.1) is 40.7 Å². The Morgan fingerprint density at radius 2 is 1.49 bits per heavy atom. The first-order valence-electron chi connectivity index (χ1n) is 17.7. The summed E-state index contributed by atoms with van der Waals surface area (Å²) in [7, 11) is 0. The quantitative estimate of drug-likeness (QED) is 0.0913. The van der Waals surface area contributed by atoms with Crippen molar-refractivity contribution in [2.45, 2.75) is 106 Å². The second-order valence-electron chi connectivity index (χ2n) is 14.8. The number of carbonyl (C=O) groups is 1. The third-order valence-electron chi connectivity index (χ3n) is 11.3. The predicted octanol–water partition coefficient (Wildman–Crippen LogP) is 13.0. The van der Waals surface area contributed by atoms with Gasteiger partial charge in [-0.05, 0) is 71.4 Å². The van der Waals surface area contributed by atoms with Crippen molar-refractivity contribution in [3.63, 3.8) is 0 Å². The van der Waals surface area contributed by atoms with E-state index in [2.05, 4.69) is 100 Å². The van der Waals surface area contributed by atoms with Gasteiger partial charge in [0.05, 0.1) is 5.52 Å². The summed E-state index contributed by atoms with van der Waals surface area (Å²) in [6, 6.07) is 27.5. The SMILES string of the molecule is CC(C)c1cc(-c2[c-]ccc3c2C(C)(C)c2c-3sc3ccccc23)nc2ccccc12.CCC(C)(CC)C(=O)/C=C(\O)C(C)(CC)CC.[Ir]. The molecule has 0 saturated heterocycles. The molecular formula is C44H52IrNO2S-. The summed E-state index contributed by atoms with van der Waals surface area (Å²) < 4.78 is 1.37. The molecule has 1 N–H and O–H groups in total. The molecule has 1 radical (unpaired) electrons. The molecule has 5 heteroatoms. The summed E-state index contributed by atoms with van der Waals surface area (Å²) in [4.78, 5) is 18.7.